The van der Waals surface area contributed by atoms with Gasteiger partial charge in [0.25, 0.3) is 5.91 Å². The molecule has 3 amide bonds. The van der Waals surface area contributed by atoms with Gasteiger partial charge in [-0.1, -0.05) is 18.2 Å². The van der Waals surface area contributed by atoms with Crippen molar-refractivity contribution in [3.63, 3.8) is 0 Å². The van der Waals surface area contributed by atoms with Gasteiger partial charge in [-0.2, -0.15) is 0 Å². The maximum atomic E-state index is 13.1. The SMILES string of the molecule is CC1CC(N)CN1Cc1cccc2c1C(=O)N(C1CCC(=O)NC1=O)C2. The van der Waals surface area contributed by atoms with Crippen LogP contribution in [0.4, 0.5) is 0 Å². The number of piperidine rings is 1. The largest absolute Gasteiger partial charge is 0.326 e. The fourth-order valence-electron chi connectivity index (χ4n) is 4.40. The van der Waals surface area contributed by atoms with Crippen LogP contribution < -0.4 is 11.1 Å². The number of nitrogens with zero attached hydrogens (tertiary/aromatic N) is 2. The normalized spacial score (nSPS) is 29.2. The summed E-state index contributed by atoms with van der Waals surface area (Å²) < 4.78 is 0. The zero-order valence-electron chi connectivity index (χ0n) is 14.9. The first-order chi connectivity index (χ1) is 12.4. The number of hydrogen-bond acceptors (Lipinski definition) is 5. The molecule has 0 spiro atoms. The van der Waals surface area contributed by atoms with E-state index in [0.29, 0.717) is 31.1 Å². The van der Waals surface area contributed by atoms with Gasteiger partial charge in [-0.15, -0.1) is 0 Å². The standard InChI is InChI=1S/C19H24N4O3/c1-11-7-14(20)10-22(11)8-12-3-2-4-13-9-23(19(26)17(12)13)15-5-6-16(24)21-18(15)25/h2-4,11,14-15H,5-10,20H2,1H3,(H,21,24,25). The van der Waals surface area contributed by atoms with Crippen molar-refractivity contribution in [1.29, 1.82) is 0 Å². The highest BCUT2D eigenvalue weighted by Gasteiger charge is 2.40. The zero-order valence-corrected chi connectivity index (χ0v) is 14.9. The Morgan fingerprint density at radius 3 is 2.77 bits per heavy atom. The van der Waals surface area contributed by atoms with Crippen molar-refractivity contribution in [1.82, 2.24) is 15.1 Å². The second-order valence-corrected chi connectivity index (χ2v) is 7.63. The van der Waals surface area contributed by atoms with E-state index in [1.165, 1.54) is 0 Å². The maximum absolute atomic E-state index is 13.1. The molecular weight excluding hydrogens is 332 g/mol. The van der Waals surface area contributed by atoms with Gasteiger partial charge in [0.15, 0.2) is 0 Å². The van der Waals surface area contributed by atoms with Gasteiger partial charge in [0.05, 0.1) is 0 Å². The first-order valence-electron chi connectivity index (χ1n) is 9.19. The number of fused-ring (bicyclic) bond motifs is 1. The van der Waals surface area contributed by atoms with E-state index in [4.69, 9.17) is 5.73 Å². The lowest BCUT2D eigenvalue weighted by Crippen LogP contribution is -2.52. The third-order valence-electron chi connectivity index (χ3n) is 5.75. The molecule has 26 heavy (non-hydrogen) atoms. The first-order valence-corrected chi connectivity index (χ1v) is 9.19. The molecule has 3 N–H and O–H groups in total. The van der Waals surface area contributed by atoms with Crippen molar-refractivity contribution < 1.29 is 14.4 Å². The molecule has 4 rings (SSSR count). The fourth-order valence-corrected chi connectivity index (χ4v) is 4.40. The minimum absolute atomic E-state index is 0.110. The molecule has 7 nitrogen and oxygen atoms in total. The van der Waals surface area contributed by atoms with Gasteiger partial charge in [-0.05, 0) is 30.9 Å². The van der Waals surface area contributed by atoms with Crippen molar-refractivity contribution in [3.8, 4) is 0 Å². The molecular formula is C19H24N4O3. The molecule has 0 bridgehead atoms. The Labute approximate surface area is 152 Å². The first kappa shape index (κ1) is 17.2. The predicted molar refractivity (Wildman–Crippen MR) is 95.0 cm³/mol. The molecule has 3 unspecified atom stereocenters. The van der Waals surface area contributed by atoms with Crippen molar-refractivity contribution in [3.05, 3.63) is 34.9 Å². The molecule has 2 fully saturated rings. The van der Waals surface area contributed by atoms with E-state index in [9.17, 15) is 14.4 Å². The van der Waals surface area contributed by atoms with Crippen molar-refractivity contribution in [2.75, 3.05) is 6.54 Å². The molecule has 3 atom stereocenters. The summed E-state index contributed by atoms with van der Waals surface area (Å²) in [6.45, 7) is 4.10. The number of imide groups is 1. The summed E-state index contributed by atoms with van der Waals surface area (Å²) in [6, 6.07) is 5.90. The van der Waals surface area contributed by atoms with Crippen LogP contribution >= 0.6 is 0 Å². The van der Waals surface area contributed by atoms with E-state index in [1.54, 1.807) is 4.90 Å². The summed E-state index contributed by atoms with van der Waals surface area (Å²) in [5, 5.41) is 2.34. The van der Waals surface area contributed by atoms with Crippen molar-refractivity contribution >= 4 is 17.7 Å². The second-order valence-electron chi connectivity index (χ2n) is 7.63. The Balaban J connectivity index is 1.57. The molecule has 3 aliphatic rings. The topological polar surface area (TPSA) is 95.7 Å². The van der Waals surface area contributed by atoms with E-state index in [0.717, 1.165) is 24.1 Å². The Morgan fingerprint density at radius 2 is 2.08 bits per heavy atom. The maximum Gasteiger partial charge on any atom is 0.255 e. The van der Waals surface area contributed by atoms with Gasteiger partial charge in [0.1, 0.15) is 6.04 Å². The van der Waals surface area contributed by atoms with E-state index in [2.05, 4.69) is 17.1 Å². The number of rotatable bonds is 3. The summed E-state index contributed by atoms with van der Waals surface area (Å²) >= 11 is 0. The third kappa shape index (κ3) is 2.91. The van der Waals surface area contributed by atoms with Gasteiger partial charge in [0, 0.05) is 43.7 Å². The second kappa shape index (κ2) is 6.48. The Morgan fingerprint density at radius 1 is 1.27 bits per heavy atom. The molecule has 3 aliphatic heterocycles. The Kier molecular flexibility index (Phi) is 4.28. The Bertz CT molecular complexity index is 778. The number of benzene rings is 1. The molecule has 0 radical (unpaired) electrons. The zero-order chi connectivity index (χ0) is 18.4. The monoisotopic (exact) mass is 356 g/mol. The summed E-state index contributed by atoms with van der Waals surface area (Å²) in [6.07, 6.45) is 1.62. The highest BCUT2D eigenvalue weighted by atomic mass is 16.2. The molecule has 7 heteroatoms. The highest BCUT2D eigenvalue weighted by molar-refractivity contribution is 6.05. The van der Waals surface area contributed by atoms with Crippen LogP contribution in [0.5, 0.6) is 0 Å². The van der Waals surface area contributed by atoms with Crippen LogP contribution in [0.3, 0.4) is 0 Å². The number of carbonyl (C=O) groups is 3. The minimum atomic E-state index is -0.570. The fraction of sp³-hybridized carbons (Fsp3) is 0.526. The molecule has 3 heterocycles. The summed E-state index contributed by atoms with van der Waals surface area (Å²) in [5.41, 5.74) is 8.72. The number of likely N-dealkylation sites (tertiary alicyclic amines) is 1. The average Bonchev–Trinajstić information content (AvgIpc) is 3.08. The molecule has 0 aromatic heterocycles. The molecule has 0 saturated carbocycles. The van der Waals surface area contributed by atoms with Gasteiger partial charge in [-0.3, -0.25) is 24.6 Å². The lowest BCUT2D eigenvalue weighted by Gasteiger charge is -2.29. The van der Waals surface area contributed by atoms with E-state index in [1.807, 2.05) is 18.2 Å². The number of nitrogens with one attached hydrogen (secondary N) is 1. The number of carbonyl (C=O) groups excluding carboxylic acids is 3. The molecule has 1 aromatic carbocycles. The molecule has 1 aromatic rings. The number of nitrogens with two attached hydrogens (primary N) is 1. The summed E-state index contributed by atoms with van der Waals surface area (Å²) in [7, 11) is 0. The quantitative estimate of drug-likeness (QED) is 0.763. The van der Waals surface area contributed by atoms with Crippen LogP contribution in [0, 0.1) is 0 Å². The smallest absolute Gasteiger partial charge is 0.255 e. The van der Waals surface area contributed by atoms with Gasteiger partial charge < -0.3 is 10.6 Å². The highest BCUT2D eigenvalue weighted by Crippen LogP contribution is 2.31. The van der Waals surface area contributed by atoms with Gasteiger partial charge in [0.2, 0.25) is 11.8 Å². The van der Waals surface area contributed by atoms with Crippen LogP contribution in [-0.2, 0) is 22.7 Å². The lowest BCUT2D eigenvalue weighted by molar-refractivity contribution is -0.136. The lowest BCUT2D eigenvalue weighted by atomic mass is 10.0. The van der Waals surface area contributed by atoms with Crippen LogP contribution in [0.1, 0.15) is 47.7 Å². The van der Waals surface area contributed by atoms with E-state index >= 15 is 0 Å². The van der Waals surface area contributed by atoms with Crippen LogP contribution in [0.15, 0.2) is 18.2 Å². The predicted octanol–water partition coefficient (Wildman–Crippen LogP) is 0.369. The van der Waals surface area contributed by atoms with Gasteiger partial charge >= 0.3 is 0 Å². The van der Waals surface area contributed by atoms with Crippen molar-refractivity contribution in [2.24, 2.45) is 5.73 Å². The molecule has 138 valence electrons. The van der Waals surface area contributed by atoms with Crippen LogP contribution in [0.25, 0.3) is 0 Å². The van der Waals surface area contributed by atoms with Crippen LogP contribution in [0.2, 0.25) is 0 Å². The third-order valence-corrected chi connectivity index (χ3v) is 5.75. The Hall–Kier alpha value is -2.25. The van der Waals surface area contributed by atoms with Crippen molar-refractivity contribution in [2.45, 2.75) is 57.4 Å². The summed E-state index contributed by atoms with van der Waals surface area (Å²) in [5.74, 6) is -0.750. The van der Waals surface area contributed by atoms with Crippen LogP contribution in [-0.4, -0.2) is 52.2 Å². The van der Waals surface area contributed by atoms with E-state index in [-0.39, 0.29) is 30.2 Å². The number of hydrogen-bond donors (Lipinski definition) is 2. The minimum Gasteiger partial charge on any atom is -0.326 e. The molecule has 0 aliphatic carbocycles. The average molecular weight is 356 g/mol. The summed E-state index contributed by atoms with van der Waals surface area (Å²) in [4.78, 5) is 40.6. The van der Waals surface area contributed by atoms with Gasteiger partial charge in [-0.25, -0.2) is 0 Å². The van der Waals surface area contributed by atoms with E-state index < -0.39 is 6.04 Å². The molecule has 2 saturated heterocycles. The number of amides is 3.